The van der Waals surface area contributed by atoms with Gasteiger partial charge in [-0.05, 0) is 12.3 Å². The molecule has 1 unspecified atom stereocenters. The zero-order valence-electron chi connectivity index (χ0n) is 19.7. The molecule has 1 fully saturated rings. The second-order valence-corrected chi connectivity index (χ2v) is 8.40. The third-order valence-corrected chi connectivity index (χ3v) is 5.51. The van der Waals surface area contributed by atoms with Crippen LogP contribution in [0.15, 0.2) is 6.20 Å². The summed E-state index contributed by atoms with van der Waals surface area (Å²) in [6, 6.07) is 0. The number of aliphatic hydroxyl groups is 2. The average molecular weight is 460 g/mol. The van der Waals surface area contributed by atoms with Crippen LogP contribution in [0.4, 0.5) is 0 Å². The highest BCUT2D eigenvalue weighted by Gasteiger charge is 2.37. The lowest BCUT2D eigenvalue weighted by Crippen LogP contribution is -2.50. The van der Waals surface area contributed by atoms with Gasteiger partial charge in [-0.1, -0.05) is 38.3 Å². The molecule has 5 atom stereocenters. The molecule has 1 aromatic heterocycles. The number of rotatable bonds is 17. The minimum Gasteiger partial charge on any atom is -0.390 e. The molecule has 0 amide bonds. The fourth-order valence-electron chi connectivity index (χ4n) is 3.53. The largest absolute Gasteiger partial charge is 0.390 e. The topological polar surface area (TPSA) is 117 Å². The first-order chi connectivity index (χ1) is 15.5. The van der Waals surface area contributed by atoms with E-state index >= 15 is 0 Å². The summed E-state index contributed by atoms with van der Waals surface area (Å²) in [7, 11) is 1.43. The molecule has 10 heteroatoms. The fraction of sp³-hybridized carbons (Fsp3) is 0.909. The van der Waals surface area contributed by atoms with Gasteiger partial charge in [-0.25, -0.2) is 4.68 Å². The molecule has 0 aliphatic carbocycles. The second-order valence-electron chi connectivity index (χ2n) is 8.40. The van der Waals surface area contributed by atoms with Crippen LogP contribution in [0.1, 0.15) is 51.6 Å². The minimum atomic E-state index is -1.05. The first-order valence-electron chi connectivity index (χ1n) is 11.7. The summed E-state index contributed by atoms with van der Waals surface area (Å²) in [6.07, 6.45) is 3.86. The predicted octanol–water partition coefficient (Wildman–Crippen LogP) is 1.53. The summed E-state index contributed by atoms with van der Waals surface area (Å²) < 4.78 is 29.1. The van der Waals surface area contributed by atoms with Crippen molar-refractivity contribution in [3.63, 3.8) is 0 Å². The van der Waals surface area contributed by atoms with Crippen molar-refractivity contribution in [3.05, 3.63) is 11.9 Å². The highest BCUT2D eigenvalue weighted by molar-refractivity contribution is 4.90. The molecule has 186 valence electrons. The van der Waals surface area contributed by atoms with Crippen molar-refractivity contribution in [2.24, 2.45) is 5.92 Å². The number of hydrogen-bond donors (Lipinski definition) is 2. The van der Waals surface area contributed by atoms with Crippen molar-refractivity contribution in [3.8, 4) is 0 Å². The van der Waals surface area contributed by atoms with Gasteiger partial charge in [0.1, 0.15) is 11.8 Å². The standard InChI is InChI=1S/C22H41N3O7/c1-4-5-6-17(2)7-8-29-9-10-30-11-12-31-16-18-14-25(24-23-18)15-19-13-20(26)21(27)22(28-3)32-19/h14,17,19-22,26-27H,4-13,15-16H2,1-3H3/t17?,19-,20-,21+,22-/m0/s1. The maximum atomic E-state index is 9.94. The quantitative estimate of drug-likeness (QED) is 0.334. The van der Waals surface area contributed by atoms with E-state index in [2.05, 4.69) is 24.2 Å². The Hall–Kier alpha value is -1.14. The number of aromatic nitrogens is 3. The van der Waals surface area contributed by atoms with Gasteiger partial charge in [0.15, 0.2) is 6.29 Å². The molecule has 2 heterocycles. The number of ether oxygens (including phenoxy) is 5. The molecule has 2 N–H and O–H groups in total. The summed E-state index contributed by atoms with van der Waals surface area (Å²) in [6.45, 7) is 8.16. The highest BCUT2D eigenvalue weighted by atomic mass is 16.7. The molecule has 32 heavy (non-hydrogen) atoms. The van der Waals surface area contributed by atoms with Crippen LogP contribution in [0.5, 0.6) is 0 Å². The zero-order valence-corrected chi connectivity index (χ0v) is 19.7. The SMILES string of the molecule is CCCCC(C)CCOCCOCCOCc1cn(C[C@@H]2C[C@H](O)[C@@H](O)[C@@H](OC)O2)nn1. The van der Waals surface area contributed by atoms with Gasteiger partial charge < -0.3 is 33.9 Å². The van der Waals surface area contributed by atoms with E-state index in [0.29, 0.717) is 51.7 Å². The van der Waals surface area contributed by atoms with Gasteiger partial charge in [0.2, 0.25) is 0 Å². The normalized spacial score (nSPS) is 24.7. The van der Waals surface area contributed by atoms with E-state index in [9.17, 15) is 10.2 Å². The van der Waals surface area contributed by atoms with Gasteiger partial charge in [0, 0.05) is 20.1 Å². The van der Waals surface area contributed by atoms with Crippen molar-refractivity contribution in [1.29, 1.82) is 0 Å². The molecule has 0 saturated carbocycles. The Balaban J connectivity index is 1.49. The van der Waals surface area contributed by atoms with E-state index in [1.165, 1.54) is 26.4 Å². The summed E-state index contributed by atoms with van der Waals surface area (Å²) in [5.41, 5.74) is 0.699. The Labute approximate surface area is 191 Å². The number of unbranched alkanes of at least 4 members (excludes halogenated alkanes) is 1. The van der Waals surface area contributed by atoms with Crippen LogP contribution in [0.2, 0.25) is 0 Å². The van der Waals surface area contributed by atoms with E-state index < -0.39 is 18.5 Å². The monoisotopic (exact) mass is 459 g/mol. The summed E-state index contributed by atoms with van der Waals surface area (Å²) in [5.74, 6) is 0.721. The van der Waals surface area contributed by atoms with E-state index in [1.807, 2.05) is 0 Å². The van der Waals surface area contributed by atoms with Crippen molar-refractivity contribution in [1.82, 2.24) is 15.0 Å². The van der Waals surface area contributed by atoms with Crippen molar-refractivity contribution in [2.45, 2.75) is 83.7 Å². The van der Waals surface area contributed by atoms with Crippen LogP contribution in [-0.4, -0.2) is 90.0 Å². The lowest BCUT2D eigenvalue weighted by atomic mass is 10.0. The molecule has 0 radical (unpaired) electrons. The van der Waals surface area contributed by atoms with Crippen molar-refractivity contribution >= 4 is 0 Å². The highest BCUT2D eigenvalue weighted by Crippen LogP contribution is 2.22. The molecule has 0 aromatic carbocycles. The molecule has 1 aliphatic rings. The Morgan fingerprint density at radius 3 is 2.56 bits per heavy atom. The van der Waals surface area contributed by atoms with Gasteiger partial charge in [0.05, 0.1) is 58.0 Å². The van der Waals surface area contributed by atoms with E-state index in [4.69, 9.17) is 23.7 Å². The van der Waals surface area contributed by atoms with Crippen LogP contribution in [0, 0.1) is 5.92 Å². The summed E-state index contributed by atoms with van der Waals surface area (Å²) in [5, 5.41) is 27.9. The Morgan fingerprint density at radius 2 is 1.84 bits per heavy atom. The predicted molar refractivity (Wildman–Crippen MR) is 117 cm³/mol. The minimum absolute atomic E-state index is 0.297. The number of aliphatic hydroxyl groups excluding tert-OH is 2. The third-order valence-electron chi connectivity index (χ3n) is 5.51. The Kier molecular flexibility index (Phi) is 13.3. The molecule has 10 nitrogen and oxygen atoms in total. The first kappa shape index (κ1) is 27.1. The van der Waals surface area contributed by atoms with Crippen LogP contribution in [0.25, 0.3) is 0 Å². The van der Waals surface area contributed by atoms with Crippen LogP contribution < -0.4 is 0 Å². The maximum Gasteiger partial charge on any atom is 0.186 e. The molecule has 1 aliphatic heterocycles. The van der Waals surface area contributed by atoms with Gasteiger partial charge in [-0.2, -0.15) is 0 Å². The van der Waals surface area contributed by atoms with E-state index in [1.54, 1.807) is 10.9 Å². The Bertz CT molecular complexity index is 604. The number of hydrogen-bond acceptors (Lipinski definition) is 9. The maximum absolute atomic E-state index is 9.94. The van der Waals surface area contributed by atoms with Gasteiger partial charge in [-0.15, -0.1) is 5.10 Å². The Morgan fingerprint density at radius 1 is 1.12 bits per heavy atom. The fourth-order valence-corrected chi connectivity index (χ4v) is 3.53. The van der Waals surface area contributed by atoms with Gasteiger partial charge >= 0.3 is 0 Å². The lowest BCUT2D eigenvalue weighted by Gasteiger charge is -2.35. The summed E-state index contributed by atoms with van der Waals surface area (Å²) in [4.78, 5) is 0. The number of methoxy groups -OCH3 is 1. The molecular weight excluding hydrogens is 418 g/mol. The van der Waals surface area contributed by atoms with Crippen LogP contribution in [-0.2, 0) is 36.8 Å². The van der Waals surface area contributed by atoms with Crippen LogP contribution in [0.3, 0.4) is 0 Å². The van der Waals surface area contributed by atoms with E-state index in [0.717, 1.165) is 18.9 Å². The third kappa shape index (κ3) is 10.2. The molecule has 1 saturated heterocycles. The molecule has 0 spiro atoms. The second kappa shape index (κ2) is 15.7. The van der Waals surface area contributed by atoms with Gasteiger partial charge in [-0.3, -0.25) is 0 Å². The van der Waals surface area contributed by atoms with Gasteiger partial charge in [0.25, 0.3) is 0 Å². The smallest absolute Gasteiger partial charge is 0.186 e. The first-order valence-corrected chi connectivity index (χ1v) is 11.7. The molecule has 0 bridgehead atoms. The van der Waals surface area contributed by atoms with E-state index in [-0.39, 0.29) is 6.10 Å². The molecule has 2 rings (SSSR count). The van der Waals surface area contributed by atoms with Crippen molar-refractivity contribution < 1.29 is 33.9 Å². The molecular formula is C22H41N3O7. The summed E-state index contributed by atoms with van der Waals surface area (Å²) >= 11 is 0. The molecule has 1 aromatic rings. The number of nitrogens with zero attached hydrogens (tertiary/aromatic N) is 3. The zero-order chi connectivity index (χ0) is 23.2. The lowest BCUT2D eigenvalue weighted by molar-refractivity contribution is -0.260. The average Bonchev–Trinajstić information content (AvgIpc) is 3.22. The van der Waals surface area contributed by atoms with Crippen LogP contribution >= 0.6 is 0 Å². The van der Waals surface area contributed by atoms with Crippen molar-refractivity contribution in [2.75, 3.05) is 40.1 Å².